The van der Waals surface area contributed by atoms with Crippen LogP contribution in [0.2, 0.25) is 0 Å². The molecule has 8 nitrogen and oxygen atoms in total. The third-order valence-corrected chi connectivity index (χ3v) is 7.03. The first kappa shape index (κ1) is 27.4. The van der Waals surface area contributed by atoms with Gasteiger partial charge in [0.25, 0.3) is 11.8 Å². The molecular weight excluding hydrogens is 480 g/mol. The van der Waals surface area contributed by atoms with Gasteiger partial charge in [-0.25, -0.2) is 0 Å². The normalized spacial score (nSPS) is 17.4. The molecule has 2 amide bonds. The molecule has 1 atom stereocenters. The lowest BCUT2D eigenvalue weighted by atomic mass is 10.0. The fraction of sp³-hybridized carbons (Fsp3) is 0.433. The number of carbonyl (C=O) groups is 2. The predicted molar refractivity (Wildman–Crippen MR) is 146 cm³/mol. The fourth-order valence-electron chi connectivity index (χ4n) is 4.91. The molecule has 0 aliphatic carbocycles. The van der Waals surface area contributed by atoms with Crippen LogP contribution in [0.1, 0.15) is 52.1 Å². The van der Waals surface area contributed by atoms with Crippen LogP contribution in [-0.2, 0) is 18.2 Å². The second kappa shape index (κ2) is 13.8. The van der Waals surface area contributed by atoms with Crippen LogP contribution in [0.15, 0.2) is 66.9 Å². The average Bonchev–Trinajstić information content (AvgIpc) is 3.38. The summed E-state index contributed by atoms with van der Waals surface area (Å²) in [5, 5.41) is 4.22. The minimum Gasteiger partial charge on any atom is -0.491 e. The Morgan fingerprint density at radius 1 is 1.00 bits per heavy atom. The van der Waals surface area contributed by atoms with Crippen LogP contribution in [-0.4, -0.2) is 77.4 Å². The molecule has 0 radical (unpaired) electrons. The van der Waals surface area contributed by atoms with Gasteiger partial charge in [-0.3, -0.25) is 14.3 Å². The Labute approximate surface area is 225 Å². The molecule has 0 saturated heterocycles. The molecule has 1 aliphatic heterocycles. The zero-order valence-electron chi connectivity index (χ0n) is 22.4. The maximum absolute atomic E-state index is 13.8. The SMILES string of the molecule is COCCN1CCCCCCN(C(=O)c2ccnn2C)[C@@H](Cc2ccccc2)COc2ccccc2C1=O. The van der Waals surface area contributed by atoms with Crippen LogP contribution in [0.5, 0.6) is 5.75 Å². The maximum Gasteiger partial charge on any atom is 0.272 e. The van der Waals surface area contributed by atoms with E-state index in [0.29, 0.717) is 49.7 Å². The Balaban J connectivity index is 1.67. The zero-order chi connectivity index (χ0) is 26.7. The lowest BCUT2D eigenvalue weighted by Crippen LogP contribution is -2.46. The van der Waals surface area contributed by atoms with E-state index in [1.165, 1.54) is 0 Å². The number of aryl methyl sites for hydroxylation is 1. The first-order valence-electron chi connectivity index (χ1n) is 13.4. The second-order valence-electron chi connectivity index (χ2n) is 9.69. The lowest BCUT2D eigenvalue weighted by molar-refractivity contribution is 0.0582. The van der Waals surface area contributed by atoms with Crippen LogP contribution in [0.4, 0.5) is 0 Å². The van der Waals surface area contributed by atoms with Crippen molar-refractivity contribution in [2.75, 3.05) is 40.0 Å². The van der Waals surface area contributed by atoms with Gasteiger partial charge in [0.15, 0.2) is 0 Å². The summed E-state index contributed by atoms with van der Waals surface area (Å²) in [6.07, 6.45) is 6.00. The number of para-hydroxylation sites is 1. The highest BCUT2D eigenvalue weighted by Gasteiger charge is 2.28. The molecule has 2 heterocycles. The lowest BCUT2D eigenvalue weighted by Gasteiger charge is -2.33. The molecule has 0 unspecified atom stereocenters. The summed E-state index contributed by atoms with van der Waals surface area (Å²) < 4.78 is 13.3. The van der Waals surface area contributed by atoms with Crippen molar-refractivity contribution in [2.24, 2.45) is 7.05 Å². The number of hydrogen-bond donors (Lipinski definition) is 0. The average molecular weight is 519 g/mol. The molecule has 0 fully saturated rings. The largest absolute Gasteiger partial charge is 0.491 e. The summed E-state index contributed by atoms with van der Waals surface area (Å²) >= 11 is 0. The zero-order valence-corrected chi connectivity index (χ0v) is 22.4. The standard InChI is InChI=1S/C30H38N4O4/c1-32-27(16-17-31-32)30(36)34-19-11-4-3-10-18-33(20-21-37-2)29(35)26-14-8-9-15-28(26)38-23-25(34)22-24-12-6-5-7-13-24/h5-9,12-17,25H,3-4,10-11,18-23H2,1-2H3/t25-/m0/s1. The molecule has 3 aromatic rings. The Morgan fingerprint density at radius 2 is 1.74 bits per heavy atom. The van der Waals surface area contributed by atoms with Gasteiger partial charge in [0.2, 0.25) is 0 Å². The van der Waals surface area contributed by atoms with E-state index in [0.717, 1.165) is 31.2 Å². The van der Waals surface area contributed by atoms with Crippen molar-refractivity contribution in [1.29, 1.82) is 0 Å². The van der Waals surface area contributed by atoms with Crippen molar-refractivity contribution in [3.05, 3.63) is 83.7 Å². The van der Waals surface area contributed by atoms with Crippen LogP contribution in [0, 0.1) is 0 Å². The maximum atomic E-state index is 13.8. The Hall–Kier alpha value is -3.65. The van der Waals surface area contributed by atoms with Gasteiger partial charge in [-0.05, 0) is 43.0 Å². The van der Waals surface area contributed by atoms with Crippen LogP contribution >= 0.6 is 0 Å². The summed E-state index contributed by atoms with van der Waals surface area (Å²) in [5.74, 6) is 0.414. The van der Waals surface area contributed by atoms with Crippen molar-refractivity contribution in [2.45, 2.75) is 38.1 Å². The molecule has 38 heavy (non-hydrogen) atoms. The molecule has 0 N–H and O–H groups in total. The van der Waals surface area contributed by atoms with Crippen molar-refractivity contribution < 1.29 is 19.1 Å². The third kappa shape index (κ3) is 7.01. The summed E-state index contributed by atoms with van der Waals surface area (Å²) in [5.41, 5.74) is 2.21. The molecular formula is C30H38N4O4. The van der Waals surface area contributed by atoms with Crippen molar-refractivity contribution in [1.82, 2.24) is 19.6 Å². The fourth-order valence-corrected chi connectivity index (χ4v) is 4.91. The quantitative estimate of drug-likeness (QED) is 0.489. The number of benzene rings is 2. The number of carbonyl (C=O) groups excluding carboxylic acids is 2. The van der Waals surface area contributed by atoms with Gasteiger partial charge < -0.3 is 19.3 Å². The smallest absolute Gasteiger partial charge is 0.272 e. The van der Waals surface area contributed by atoms with E-state index in [2.05, 4.69) is 17.2 Å². The van der Waals surface area contributed by atoms with E-state index in [1.54, 1.807) is 31.1 Å². The van der Waals surface area contributed by atoms with E-state index in [9.17, 15) is 9.59 Å². The number of nitrogens with zero attached hydrogens (tertiary/aromatic N) is 4. The van der Waals surface area contributed by atoms with Crippen LogP contribution in [0.3, 0.4) is 0 Å². The van der Waals surface area contributed by atoms with E-state index < -0.39 is 0 Å². The predicted octanol–water partition coefficient (Wildman–Crippen LogP) is 4.22. The number of rotatable bonds is 6. The summed E-state index contributed by atoms with van der Waals surface area (Å²) in [4.78, 5) is 31.2. The van der Waals surface area contributed by atoms with E-state index >= 15 is 0 Å². The minimum absolute atomic E-state index is 0.0582. The van der Waals surface area contributed by atoms with Crippen molar-refractivity contribution >= 4 is 11.8 Å². The summed E-state index contributed by atoms with van der Waals surface area (Å²) in [7, 11) is 3.44. The molecule has 1 aliphatic rings. The van der Waals surface area contributed by atoms with Crippen molar-refractivity contribution in [3.63, 3.8) is 0 Å². The monoisotopic (exact) mass is 518 g/mol. The molecule has 4 rings (SSSR count). The van der Waals surface area contributed by atoms with Gasteiger partial charge in [0.1, 0.15) is 18.1 Å². The van der Waals surface area contributed by atoms with Crippen LogP contribution in [0.25, 0.3) is 0 Å². The molecule has 202 valence electrons. The highest BCUT2D eigenvalue weighted by Crippen LogP contribution is 2.23. The number of ether oxygens (including phenoxy) is 2. The van der Waals surface area contributed by atoms with E-state index in [-0.39, 0.29) is 24.5 Å². The van der Waals surface area contributed by atoms with Crippen molar-refractivity contribution in [3.8, 4) is 5.75 Å². The highest BCUT2D eigenvalue weighted by atomic mass is 16.5. The van der Waals surface area contributed by atoms with Gasteiger partial charge in [-0.15, -0.1) is 0 Å². The van der Waals surface area contributed by atoms with Gasteiger partial charge >= 0.3 is 0 Å². The highest BCUT2D eigenvalue weighted by molar-refractivity contribution is 5.97. The summed E-state index contributed by atoms with van der Waals surface area (Å²) in [6.45, 7) is 2.57. The number of hydrogen-bond acceptors (Lipinski definition) is 5. The Bertz CT molecular complexity index is 1180. The van der Waals surface area contributed by atoms with Gasteiger partial charge in [0, 0.05) is 40.0 Å². The third-order valence-electron chi connectivity index (χ3n) is 7.03. The minimum atomic E-state index is -0.226. The topological polar surface area (TPSA) is 76.9 Å². The molecule has 2 aromatic carbocycles. The molecule has 0 spiro atoms. The van der Waals surface area contributed by atoms with Gasteiger partial charge in [-0.2, -0.15) is 5.10 Å². The number of amides is 2. The first-order chi connectivity index (χ1) is 18.6. The number of fused-ring (bicyclic) bond motifs is 1. The molecule has 0 bridgehead atoms. The van der Waals surface area contributed by atoms with E-state index in [1.807, 2.05) is 52.3 Å². The van der Waals surface area contributed by atoms with Gasteiger partial charge in [-0.1, -0.05) is 55.3 Å². The van der Waals surface area contributed by atoms with E-state index in [4.69, 9.17) is 9.47 Å². The number of methoxy groups -OCH3 is 1. The molecule has 0 saturated carbocycles. The Morgan fingerprint density at radius 3 is 2.47 bits per heavy atom. The number of aromatic nitrogens is 2. The summed E-state index contributed by atoms with van der Waals surface area (Å²) in [6, 6.07) is 19.1. The van der Waals surface area contributed by atoms with Gasteiger partial charge in [0.05, 0.1) is 18.2 Å². The first-order valence-corrected chi connectivity index (χ1v) is 13.4. The molecule has 8 heteroatoms. The van der Waals surface area contributed by atoms with Crippen LogP contribution < -0.4 is 4.74 Å². The Kier molecular flexibility index (Phi) is 9.92. The second-order valence-corrected chi connectivity index (χ2v) is 9.69. The molecule has 1 aromatic heterocycles.